The predicted molar refractivity (Wildman–Crippen MR) is 71.7 cm³/mol. The van der Waals surface area contributed by atoms with Crippen molar-refractivity contribution in [1.29, 1.82) is 0 Å². The summed E-state index contributed by atoms with van der Waals surface area (Å²) >= 11 is 0. The molecule has 0 amide bonds. The number of anilines is 2. The van der Waals surface area contributed by atoms with Crippen molar-refractivity contribution in [3.63, 3.8) is 0 Å². The van der Waals surface area contributed by atoms with Crippen molar-refractivity contribution >= 4 is 11.4 Å². The van der Waals surface area contributed by atoms with Gasteiger partial charge in [0.1, 0.15) is 0 Å². The van der Waals surface area contributed by atoms with Crippen molar-refractivity contribution in [2.75, 3.05) is 31.7 Å². The number of hydrogen-bond acceptors (Lipinski definition) is 3. The van der Waals surface area contributed by atoms with E-state index >= 15 is 0 Å². The molecule has 0 saturated heterocycles. The van der Waals surface area contributed by atoms with Gasteiger partial charge in [0, 0.05) is 24.0 Å². The topological polar surface area (TPSA) is 41.3 Å². The number of nitrogens with one attached hydrogen (secondary N) is 1. The highest BCUT2D eigenvalue weighted by atomic mass is 15.1. The summed E-state index contributed by atoms with van der Waals surface area (Å²) in [7, 11) is 4.19. The van der Waals surface area contributed by atoms with E-state index in [1.807, 2.05) is 18.2 Å². The predicted octanol–water partition coefficient (Wildman–Crippen LogP) is 2.27. The number of nitrogens with two attached hydrogens (primary N) is 1. The maximum absolute atomic E-state index is 5.76. The SMILES string of the molecule is CC(C)C(CN(C)C)Nc1cccc(N)c1. The zero-order valence-electron chi connectivity index (χ0n) is 10.7. The van der Waals surface area contributed by atoms with E-state index in [-0.39, 0.29) is 0 Å². The highest BCUT2D eigenvalue weighted by molar-refractivity contribution is 5.54. The molecule has 0 aliphatic rings. The van der Waals surface area contributed by atoms with Gasteiger partial charge in [0.15, 0.2) is 0 Å². The van der Waals surface area contributed by atoms with E-state index in [9.17, 15) is 0 Å². The standard InChI is InChI=1S/C13H23N3/c1-10(2)13(9-16(3)4)15-12-7-5-6-11(14)8-12/h5-8,10,13,15H,9,14H2,1-4H3. The number of rotatable bonds is 5. The van der Waals surface area contributed by atoms with Crippen LogP contribution in [-0.2, 0) is 0 Å². The highest BCUT2D eigenvalue weighted by Crippen LogP contribution is 2.16. The highest BCUT2D eigenvalue weighted by Gasteiger charge is 2.13. The Balaban J connectivity index is 2.68. The van der Waals surface area contributed by atoms with Gasteiger partial charge in [0.25, 0.3) is 0 Å². The largest absolute Gasteiger partial charge is 0.399 e. The van der Waals surface area contributed by atoms with Gasteiger partial charge >= 0.3 is 0 Å². The normalized spacial score (nSPS) is 13.1. The second-order valence-electron chi connectivity index (χ2n) is 4.88. The molecule has 1 aromatic rings. The van der Waals surface area contributed by atoms with Gasteiger partial charge in [-0.3, -0.25) is 0 Å². The van der Waals surface area contributed by atoms with Crippen molar-refractivity contribution in [2.45, 2.75) is 19.9 Å². The average molecular weight is 221 g/mol. The Morgan fingerprint density at radius 2 is 2.00 bits per heavy atom. The first-order valence-corrected chi connectivity index (χ1v) is 5.76. The summed E-state index contributed by atoms with van der Waals surface area (Å²) in [6.07, 6.45) is 0. The molecule has 0 saturated carbocycles. The molecule has 0 radical (unpaired) electrons. The molecule has 3 heteroatoms. The first-order chi connectivity index (χ1) is 7.49. The van der Waals surface area contributed by atoms with Gasteiger partial charge in [-0.05, 0) is 38.2 Å². The Hall–Kier alpha value is -1.22. The third-order valence-corrected chi connectivity index (χ3v) is 2.61. The summed E-state index contributed by atoms with van der Waals surface area (Å²) in [5, 5.41) is 3.53. The van der Waals surface area contributed by atoms with Crippen LogP contribution in [0.25, 0.3) is 0 Å². The molecule has 0 fully saturated rings. The van der Waals surface area contributed by atoms with Gasteiger partial charge in [0.05, 0.1) is 0 Å². The van der Waals surface area contributed by atoms with E-state index in [1.165, 1.54) is 0 Å². The van der Waals surface area contributed by atoms with Gasteiger partial charge in [0.2, 0.25) is 0 Å². The van der Waals surface area contributed by atoms with Crippen molar-refractivity contribution in [3.05, 3.63) is 24.3 Å². The Morgan fingerprint density at radius 3 is 2.50 bits per heavy atom. The summed E-state index contributed by atoms with van der Waals surface area (Å²) in [5.41, 5.74) is 7.66. The third-order valence-electron chi connectivity index (χ3n) is 2.61. The molecular formula is C13H23N3. The molecule has 0 bridgehead atoms. The number of benzene rings is 1. The van der Waals surface area contributed by atoms with E-state index in [2.05, 4.69) is 44.2 Å². The van der Waals surface area contributed by atoms with Crippen LogP contribution < -0.4 is 11.1 Å². The second kappa shape index (κ2) is 5.75. The lowest BCUT2D eigenvalue weighted by atomic mass is 10.0. The van der Waals surface area contributed by atoms with Gasteiger partial charge < -0.3 is 16.0 Å². The minimum Gasteiger partial charge on any atom is -0.399 e. The number of likely N-dealkylation sites (N-methyl/N-ethyl adjacent to an activating group) is 1. The molecule has 1 rings (SSSR count). The van der Waals surface area contributed by atoms with Crippen molar-refractivity contribution in [1.82, 2.24) is 4.90 Å². The minimum absolute atomic E-state index is 0.441. The summed E-state index contributed by atoms with van der Waals surface area (Å²) in [5.74, 6) is 0.587. The fourth-order valence-electron chi connectivity index (χ4n) is 1.66. The first kappa shape index (κ1) is 12.8. The zero-order valence-corrected chi connectivity index (χ0v) is 10.7. The summed E-state index contributed by atoms with van der Waals surface area (Å²) < 4.78 is 0. The fourth-order valence-corrected chi connectivity index (χ4v) is 1.66. The molecule has 1 atom stereocenters. The zero-order chi connectivity index (χ0) is 12.1. The molecule has 0 aliphatic carbocycles. The molecule has 0 heterocycles. The molecule has 3 N–H and O–H groups in total. The molecule has 1 aromatic carbocycles. The van der Waals surface area contributed by atoms with Crippen LogP contribution in [0.2, 0.25) is 0 Å². The summed E-state index contributed by atoms with van der Waals surface area (Å²) in [6.45, 7) is 5.48. The van der Waals surface area contributed by atoms with Crippen LogP contribution in [0.15, 0.2) is 24.3 Å². The van der Waals surface area contributed by atoms with Gasteiger partial charge in [-0.15, -0.1) is 0 Å². The molecule has 0 spiro atoms. The lowest BCUT2D eigenvalue weighted by Crippen LogP contribution is -2.36. The van der Waals surface area contributed by atoms with Gasteiger partial charge in [-0.1, -0.05) is 19.9 Å². The van der Waals surface area contributed by atoms with Crippen molar-refractivity contribution < 1.29 is 0 Å². The fraction of sp³-hybridized carbons (Fsp3) is 0.538. The Bertz CT molecular complexity index is 321. The second-order valence-corrected chi connectivity index (χ2v) is 4.88. The molecule has 0 aromatic heterocycles. The molecule has 0 aliphatic heterocycles. The van der Waals surface area contributed by atoms with Crippen molar-refractivity contribution in [2.24, 2.45) is 5.92 Å². The Labute approximate surface area is 98.6 Å². The van der Waals surface area contributed by atoms with Crippen LogP contribution in [0.5, 0.6) is 0 Å². The lowest BCUT2D eigenvalue weighted by molar-refractivity contribution is 0.344. The van der Waals surface area contributed by atoms with E-state index in [4.69, 9.17) is 5.73 Å². The van der Waals surface area contributed by atoms with Crippen molar-refractivity contribution in [3.8, 4) is 0 Å². The van der Waals surface area contributed by atoms with Crippen LogP contribution in [-0.4, -0.2) is 31.6 Å². The molecule has 16 heavy (non-hydrogen) atoms. The molecular weight excluding hydrogens is 198 g/mol. The quantitative estimate of drug-likeness (QED) is 0.749. The van der Waals surface area contributed by atoms with Crippen LogP contribution in [0.3, 0.4) is 0 Å². The number of nitrogens with zero attached hydrogens (tertiary/aromatic N) is 1. The van der Waals surface area contributed by atoms with Crippen LogP contribution in [0.4, 0.5) is 11.4 Å². The molecule has 90 valence electrons. The maximum atomic E-state index is 5.76. The lowest BCUT2D eigenvalue weighted by Gasteiger charge is -2.26. The molecule has 1 unspecified atom stereocenters. The summed E-state index contributed by atoms with van der Waals surface area (Å²) in [6, 6.07) is 8.36. The van der Waals surface area contributed by atoms with Crippen LogP contribution in [0, 0.1) is 5.92 Å². The number of hydrogen-bond donors (Lipinski definition) is 2. The van der Waals surface area contributed by atoms with Crippen LogP contribution >= 0.6 is 0 Å². The van der Waals surface area contributed by atoms with Gasteiger partial charge in [-0.25, -0.2) is 0 Å². The number of nitrogen functional groups attached to an aromatic ring is 1. The van der Waals surface area contributed by atoms with Gasteiger partial charge in [-0.2, -0.15) is 0 Å². The Kier molecular flexibility index (Phi) is 4.62. The minimum atomic E-state index is 0.441. The van der Waals surface area contributed by atoms with Crippen LogP contribution in [0.1, 0.15) is 13.8 Å². The third kappa shape index (κ3) is 4.11. The van der Waals surface area contributed by atoms with E-state index < -0.39 is 0 Å². The van der Waals surface area contributed by atoms with E-state index in [1.54, 1.807) is 0 Å². The summed E-state index contributed by atoms with van der Waals surface area (Å²) in [4.78, 5) is 2.20. The maximum Gasteiger partial charge on any atom is 0.0411 e. The average Bonchev–Trinajstić information content (AvgIpc) is 2.15. The first-order valence-electron chi connectivity index (χ1n) is 5.76. The Morgan fingerprint density at radius 1 is 1.31 bits per heavy atom. The van der Waals surface area contributed by atoms with E-state index in [0.29, 0.717) is 12.0 Å². The van der Waals surface area contributed by atoms with E-state index in [0.717, 1.165) is 17.9 Å². The molecule has 3 nitrogen and oxygen atoms in total. The monoisotopic (exact) mass is 221 g/mol. The smallest absolute Gasteiger partial charge is 0.0411 e.